The average molecular weight is 275 g/mol. The molecule has 0 atom stereocenters. The lowest BCUT2D eigenvalue weighted by Gasteiger charge is -2.12. The summed E-state index contributed by atoms with van der Waals surface area (Å²) < 4.78 is 57.2. The second-order valence-electron chi connectivity index (χ2n) is 3.50. The van der Waals surface area contributed by atoms with Crippen LogP contribution in [0.1, 0.15) is 0 Å². The highest BCUT2D eigenvalue weighted by molar-refractivity contribution is 5.68. The summed E-state index contributed by atoms with van der Waals surface area (Å²) in [5, 5.41) is 0. The Balaban J connectivity index is 2.37. The van der Waals surface area contributed by atoms with Gasteiger partial charge in [-0.1, -0.05) is 0 Å². The second kappa shape index (κ2) is 5.64. The van der Waals surface area contributed by atoms with E-state index in [0.29, 0.717) is 11.3 Å². The molecule has 0 amide bonds. The molecule has 0 aliphatic carbocycles. The van der Waals surface area contributed by atoms with E-state index in [2.05, 4.69) is 14.5 Å². The number of hydrogen-bond donors (Lipinski definition) is 1. The van der Waals surface area contributed by atoms with Gasteiger partial charge in [0.1, 0.15) is 11.5 Å². The third-order valence-electron chi connectivity index (χ3n) is 2.28. The van der Waals surface area contributed by atoms with E-state index in [1.54, 1.807) is 18.3 Å². The predicted octanol–water partition coefficient (Wildman–Crippen LogP) is 3.88. The monoisotopic (exact) mass is 275 g/mol. The maximum Gasteiger partial charge on any atom is 0.387 e. The van der Waals surface area contributed by atoms with Crippen LogP contribution in [-0.4, -0.2) is 18.2 Å². The first-order chi connectivity index (χ1) is 9.06. The molecule has 2 aromatic rings. The van der Waals surface area contributed by atoms with Gasteiger partial charge >= 0.3 is 13.2 Å². The molecule has 0 aliphatic rings. The van der Waals surface area contributed by atoms with Gasteiger partial charge < -0.3 is 14.5 Å². The van der Waals surface area contributed by atoms with E-state index in [1.807, 2.05) is 0 Å². The van der Waals surface area contributed by atoms with Crippen LogP contribution in [0.3, 0.4) is 0 Å². The molecule has 102 valence electrons. The highest BCUT2D eigenvalue weighted by Gasteiger charge is 2.14. The van der Waals surface area contributed by atoms with Gasteiger partial charge in [-0.3, -0.25) is 0 Å². The Hall–Kier alpha value is -2.18. The van der Waals surface area contributed by atoms with Crippen molar-refractivity contribution in [1.82, 2.24) is 4.98 Å². The fourth-order valence-electron chi connectivity index (χ4n) is 1.59. The average Bonchev–Trinajstić information content (AvgIpc) is 2.81. The summed E-state index contributed by atoms with van der Waals surface area (Å²) >= 11 is 0. The van der Waals surface area contributed by atoms with Crippen molar-refractivity contribution >= 4 is 0 Å². The fraction of sp³-hybridized carbons (Fsp3) is 0.167. The molecule has 2 rings (SSSR count). The minimum atomic E-state index is -3.06. The van der Waals surface area contributed by atoms with Crippen molar-refractivity contribution in [3.8, 4) is 22.8 Å². The zero-order valence-corrected chi connectivity index (χ0v) is 9.45. The highest BCUT2D eigenvalue weighted by Crippen LogP contribution is 2.34. The third kappa shape index (κ3) is 3.40. The Morgan fingerprint density at radius 1 is 0.947 bits per heavy atom. The molecule has 0 aliphatic heterocycles. The van der Waals surface area contributed by atoms with Crippen LogP contribution in [-0.2, 0) is 0 Å². The normalized spacial score (nSPS) is 11.1. The second-order valence-corrected chi connectivity index (χ2v) is 3.50. The van der Waals surface area contributed by atoms with E-state index in [1.165, 1.54) is 12.1 Å². The van der Waals surface area contributed by atoms with E-state index in [4.69, 9.17) is 0 Å². The topological polar surface area (TPSA) is 34.2 Å². The van der Waals surface area contributed by atoms with Crippen LogP contribution < -0.4 is 9.47 Å². The number of hydrogen-bond acceptors (Lipinski definition) is 2. The number of halogens is 4. The summed E-state index contributed by atoms with van der Waals surface area (Å²) in [6.45, 7) is -6.09. The summed E-state index contributed by atoms with van der Waals surface area (Å²) in [6, 6.07) is 6.92. The molecule has 19 heavy (non-hydrogen) atoms. The van der Waals surface area contributed by atoms with Crippen molar-refractivity contribution in [2.75, 3.05) is 0 Å². The summed E-state index contributed by atoms with van der Waals surface area (Å²) in [4.78, 5) is 2.81. The number of benzene rings is 1. The van der Waals surface area contributed by atoms with E-state index >= 15 is 0 Å². The lowest BCUT2D eigenvalue weighted by molar-refractivity contribution is -0.0540. The molecule has 1 aromatic heterocycles. The molecular formula is C12H9F4NO2. The Morgan fingerprint density at radius 3 is 2.26 bits per heavy atom. The van der Waals surface area contributed by atoms with Crippen LogP contribution >= 0.6 is 0 Å². The van der Waals surface area contributed by atoms with Crippen LogP contribution in [0.15, 0.2) is 36.5 Å². The predicted molar refractivity (Wildman–Crippen MR) is 59.5 cm³/mol. The highest BCUT2D eigenvalue weighted by atomic mass is 19.3. The van der Waals surface area contributed by atoms with Gasteiger partial charge in [0.05, 0.1) is 0 Å². The van der Waals surface area contributed by atoms with E-state index in [9.17, 15) is 17.6 Å². The largest absolute Gasteiger partial charge is 0.435 e. The van der Waals surface area contributed by atoms with E-state index < -0.39 is 13.2 Å². The summed E-state index contributed by atoms with van der Waals surface area (Å²) in [7, 11) is 0. The third-order valence-corrected chi connectivity index (χ3v) is 2.28. The maximum atomic E-state index is 12.3. The van der Waals surface area contributed by atoms with Gasteiger partial charge in [-0.05, 0) is 24.3 Å². The summed E-state index contributed by atoms with van der Waals surface area (Å²) in [5.41, 5.74) is 0.853. The van der Waals surface area contributed by atoms with Crippen molar-refractivity contribution in [2.24, 2.45) is 0 Å². The Kier molecular flexibility index (Phi) is 3.94. The van der Waals surface area contributed by atoms with Crippen molar-refractivity contribution in [3.05, 3.63) is 36.5 Å². The molecule has 1 aromatic carbocycles. The molecule has 0 bridgehead atoms. The van der Waals surface area contributed by atoms with Crippen molar-refractivity contribution in [1.29, 1.82) is 0 Å². The van der Waals surface area contributed by atoms with Crippen molar-refractivity contribution < 1.29 is 27.0 Å². The molecule has 7 heteroatoms. The number of ether oxygens (including phenoxy) is 2. The standard InChI is InChI=1S/C12H9F4NO2/c13-11(14)18-7-3-4-8(9-2-1-5-17-9)10(6-7)19-12(15)16/h1-6,11-12,17H. The number of alkyl halides is 4. The Bertz CT molecular complexity index is 529. The zero-order chi connectivity index (χ0) is 13.8. The van der Waals surface area contributed by atoms with Crippen LogP contribution in [0.4, 0.5) is 17.6 Å². The number of aromatic amines is 1. The van der Waals surface area contributed by atoms with Crippen molar-refractivity contribution in [2.45, 2.75) is 13.2 Å². The van der Waals surface area contributed by atoms with Crippen LogP contribution in [0.25, 0.3) is 11.3 Å². The Morgan fingerprint density at radius 2 is 1.68 bits per heavy atom. The first-order valence-corrected chi connectivity index (χ1v) is 5.23. The smallest absolute Gasteiger partial charge is 0.387 e. The first-order valence-electron chi connectivity index (χ1n) is 5.23. The van der Waals surface area contributed by atoms with Gasteiger partial charge in [0.25, 0.3) is 0 Å². The van der Waals surface area contributed by atoms with Gasteiger partial charge in [-0.25, -0.2) is 0 Å². The van der Waals surface area contributed by atoms with Gasteiger partial charge in [0.2, 0.25) is 0 Å². The molecule has 3 nitrogen and oxygen atoms in total. The molecule has 1 N–H and O–H groups in total. The summed E-state index contributed by atoms with van der Waals surface area (Å²) in [6.07, 6.45) is 1.60. The van der Waals surface area contributed by atoms with Crippen LogP contribution in [0.2, 0.25) is 0 Å². The molecule has 0 saturated heterocycles. The SMILES string of the molecule is FC(F)Oc1ccc(-c2ccc[nH]2)c(OC(F)F)c1. The first kappa shape index (κ1) is 13.3. The maximum absolute atomic E-state index is 12.3. The minimum Gasteiger partial charge on any atom is -0.435 e. The summed E-state index contributed by atoms with van der Waals surface area (Å²) in [5.74, 6) is -0.489. The fourth-order valence-corrected chi connectivity index (χ4v) is 1.59. The quantitative estimate of drug-likeness (QED) is 0.840. The number of rotatable bonds is 5. The van der Waals surface area contributed by atoms with Crippen LogP contribution in [0.5, 0.6) is 11.5 Å². The van der Waals surface area contributed by atoms with Gasteiger partial charge in [0.15, 0.2) is 0 Å². The van der Waals surface area contributed by atoms with Gasteiger partial charge in [-0.2, -0.15) is 17.6 Å². The van der Waals surface area contributed by atoms with E-state index in [0.717, 1.165) is 6.07 Å². The minimum absolute atomic E-state index is 0.240. The molecule has 0 unspecified atom stereocenters. The molecule has 0 fully saturated rings. The molecular weight excluding hydrogens is 266 g/mol. The van der Waals surface area contributed by atoms with Gasteiger partial charge in [0, 0.05) is 23.5 Å². The number of nitrogens with one attached hydrogen (secondary N) is 1. The molecule has 0 saturated carbocycles. The van der Waals surface area contributed by atoms with Crippen LogP contribution in [0, 0.1) is 0 Å². The molecule has 1 heterocycles. The molecule has 0 spiro atoms. The van der Waals surface area contributed by atoms with Crippen molar-refractivity contribution in [3.63, 3.8) is 0 Å². The number of aromatic nitrogens is 1. The molecule has 0 radical (unpaired) electrons. The van der Waals surface area contributed by atoms with E-state index in [-0.39, 0.29) is 11.5 Å². The lowest BCUT2D eigenvalue weighted by atomic mass is 10.1. The van der Waals surface area contributed by atoms with Gasteiger partial charge in [-0.15, -0.1) is 0 Å². The lowest BCUT2D eigenvalue weighted by Crippen LogP contribution is -2.05. The Labute approximate surface area is 105 Å². The number of H-pyrrole nitrogens is 1. The zero-order valence-electron chi connectivity index (χ0n) is 9.45.